The molecule has 0 aliphatic carbocycles. The maximum atomic E-state index is 12.3. The minimum atomic E-state index is -0.225. The summed E-state index contributed by atoms with van der Waals surface area (Å²) in [6.45, 7) is 0.00117. The molecule has 0 saturated carbocycles. The van der Waals surface area contributed by atoms with Crippen molar-refractivity contribution in [2.75, 3.05) is 18.9 Å². The van der Waals surface area contributed by atoms with Crippen molar-refractivity contribution in [3.05, 3.63) is 63.3 Å². The largest absolute Gasteiger partial charge is 0.332 e. The molecule has 122 valence electrons. The number of carbonyl (C=O) groups is 2. The summed E-state index contributed by atoms with van der Waals surface area (Å²) in [4.78, 5) is 26.5. The van der Waals surface area contributed by atoms with Crippen LogP contribution in [-0.4, -0.2) is 30.3 Å². The summed E-state index contributed by atoms with van der Waals surface area (Å²) in [6.07, 6.45) is 0. The first-order chi connectivity index (χ1) is 11.5. The molecule has 0 fully saturated rings. The van der Waals surface area contributed by atoms with Crippen molar-refractivity contribution in [3.8, 4) is 0 Å². The standard InChI is InChI=1S/C18H15BrN2O2S/c1-21(18(23)15-8-9-16(19)24-15)11-17(22)20-14-7-6-12-4-2-3-5-13(12)10-14/h2-10H,11H2,1H3,(H,20,22). The molecule has 4 nitrogen and oxygen atoms in total. The zero-order valence-electron chi connectivity index (χ0n) is 13.0. The number of nitrogens with one attached hydrogen (secondary N) is 1. The summed E-state index contributed by atoms with van der Waals surface area (Å²) in [6, 6.07) is 17.3. The first kappa shape index (κ1) is 16.7. The molecule has 0 bridgehead atoms. The minimum Gasteiger partial charge on any atom is -0.332 e. The van der Waals surface area contributed by atoms with Gasteiger partial charge in [-0.25, -0.2) is 0 Å². The van der Waals surface area contributed by atoms with Crippen LogP contribution < -0.4 is 5.32 Å². The Balaban J connectivity index is 1.64. The second-order valence-electron chi connectivity index (χ2n) is 5.38. The van der Waals surface area contributed by atoms with E-state index in [0.29, 0.717) is 4.88 Å². The number of carbonyl (C=O) groups excluding carboxylic acids is 2. The Morgan fingerprint density at radius 1 is 1.08 bits per heavy atom. The van der Waals surface area contributed by atoms with Crippen LogP contribution in [0, 0.1) is 0 Å². The Morgan fingerprint density at radius 2 is 1.83 bits per heavy atom. The molecule has 3 rings (SSSR count). The van der Waals surface area contributed by atoms with Gasteiger partial charge in [-0.2, -0.15) is 0 Å². The third kappa shape index (κ3) is 3.83. The number of thiophene rings is 1. The highest BCUT2D eigenvalue weighted by atomic mass is 79.9. The molecule has 24 heavy (non-hydrogen) atoms. The van der Waals surface area contributed by atoms with E-state index in [0.717, 1.165) is 20.2 Å². The molecule has 0 spiro atoms. The lowest BCUT2D eigenvalue weighted by Gasteiger charge is -2.16. The van der Waals surface area contributed by atoms with Gasteiger partial charge in [-0.15, -0.1) is 11.3 Å². The van der Waals surface area contributed by atoms with E-state index in [9.17, 15) is 9.59 Å². The normalized spacial score (nSPS) is 10.6. The van der Waals surface area contributed by atoms with Crippen LogP contribution in [0.15, 0.2) is 58.4 Å². The molecule has 6 heteroatoms. The molecule has 0 saturated heterocycles. The summed E-state index contributed by atoms with van der Waals surface area (Å²) >= 11 is 4.68. The highest BCUT2D eigenvalue weighted by Crippen LogP contribution is 2.23. The quantitative estimate of drug-likeness (QED) is 0.703. The third-order valence-corrected chi connectivity index (χ3v) is 5.16. The van der Waals surface area contributed by atoms with E-state index in [-0.39, 0.29) is 18.4 Å². The van der Waals surface area contributed by atoms with Crippen LogP contribution >= 0.6 is 27.3 Å². The number of hydrogen-bond acceptors (Lipinski definition) is 3. The van der Waals surface area contributed by atoms with Gasteiger partial charge in [0.1, 0.15) is 0 Å². The highest BCUT2D eigenvalue weighted by Gasteiger charge is 2.16. The molecule has 1 heterocycles. The molecule has 0 radical (unpaired) electrons. The smallest absolute Gasteiger partial charge is 0.264 e. The van der Waals surface area contributed by atoms with E-state index in [1.54, 1.807) is 13.1 Å². The van der Waals surface area contributed by atoms with Crippen LogP contribution in [0.3, 0.4) is 0 Å². The van der Waals surface area contributed by atoms with Gasteiger partial charge in [-0.1, -0.05) is 30.3 Å². The fraction of sp³-hybridized carbons (Fsp3) is 0.111. The lowest BCUT2D eigenvalue weighted by molar-refractivity contribution is -0.116. The van der Waals surface area contributed by atoms with E-state index >= 15 is 0 Å². The molecular weight excluding hydrogens is 388 g/mol. The van der Waals surface area contributed by atoms with Crippen molar-refractivity contribution in [1.29, 1.82) is 0 Å². The van der Waals surface area contributed by atoms with Gasteiger partial charge in [-0.05, 0) is 51.0 Å². The van der Waals surface area contributed by atoms with E-state index in [4.69, 9.17) is 0 Å². The fourth-order valence-corrected chi connectivity index (χ4v) is 3.75. The van der Waals surface area contributed by atoms with Gasteiger partial charge in [-0.3, -0.25) is 9.59 Å². The van der Waals surface area contributed by atoms with Crippen LogP contribution in [0.4, 0.5) is 5.69 Å². The van der Waals surface area contributed by atoms with E-state index in [1.165, 1.54) is 16.2 Å². The first-order valence-electron chi connectivity index (χ1n) is 7.32. The Hall–Kier alpha value is -2.18. The number of halogens is 1. The number of benzene rings is 2. The van der Waals surface area contributed by atoms with Gasteiger partial charge < -0.3 is 10.2 Å². The molecule has 0 atom stereocenters. The number of hydrogen-bond donors (Lipinski definition) is 1. The topological polar surface area (TPSA) is 49.4 Å². The zero-order chi connectivity index (χ0) is 17.1. The SMILES string of the molecule is CN(CC(=O)Nc1ccc2ccccc2c1)C(=O)c1ccc(Br)s1. The van der Waals surface area contributed by atoms with Crippen molar-refractivity contribution in [3.63, 3.8) is 0 Å². The maximum absolute atomic E-state index is 12.3. The highest BCUT2D eigenvalue weighted by molar-refractivity contribution is 9.11. The van der Waals surface area contributed by atoms with Crippen molar-refractivity contribution < 1.29 is 9.59 Å². The van der Waals surface area contributed by atoms with Gasteiger partial charge in [0.2, 0.25) is 5.91 Å². The Kier molecular flexibility index (Phi) is 4.97. The minimum absolute atomic E-state index is 0.00117. The summed E-state index contributed by atoms with van der Waals surface area (Å²) in [5.41, 5.74) is 0.721. The Bertz CT molecular complexity index is 907. The van der Waals surface area contributed by atoms with Gasteiger partial charge in [0, 0.05) is 12.7 Å². The maximum Gasteiger partial charge on any atom is 0.264 e. The predicted octanol–water partition coefficient (Wildman–Crippen LogP) is 4.37. The third-order valence-electron chi connectivity index (χ3n) is 3.54. The Morgan fingerprint density at radius 3 is 2.54 bits per heavy atom. The average molecular weight is 403 g/mol. The first-order valence-corrected chi connectivity index (χ1v) is 8.93. The number of amides is 2. The molecule has 1 aromatic heterocycles. The Labute approximate surface area is 152 Å². The van der Waals surface area contributed by atoms with Crippen LogP contribution in [0.5, 0.6) is 0 Å². The summed E-state index contributed by atoms with van der Waals surface area (Å²) < 4.78 is 0.889. The van der Waals surface area contributed by atoms with Gasteiger partial charge in [0.15, 0.2) is 0 Å². The van der Waals surface area contributed by atoms with Crippen LogP contribution in [0.25, 0.3) is 10.8 Å². The number of likely N-dealkylation sites (N-methyl/N-ethyl adjacent to an activating group) is 1. The number of fused-ring (bicyclic) bond motifs is 1. The molecular formula is C18H15BrN2O2S. The van der Waals surface area contributed by atoms with Gasteiger partial charge in [0.25, 0.3) is 5.91 Å². The number of rotatable bonds is 4. The van der Waals surface area contributed by atoms with Crippen LogP contribution in [-0.2, 0) is 4.79 Å². The molecule has 1 N–H and O–H groups in total. The average Bonchev–Trinajstić information content (AvgIpc) is 3.00. The lowest BCUT2D eigenvalue weighted by atomic mass is 10.1. The van der Waals surface area contributed by atoms with Crippen molar-refractivity contribution in [1.82, 2.24) is 4.90 Å². The number of anilines is 1. The number of nitrogens with zero attached hydrogens (tertiary/aromatic N) is 1. The van der Waals surface area contributed by atoms with E-state index in [1.807, 2.05) is 48.5 Å². The van der Waals surface area contributed by atoms with Crippen LogP contribution in [0.2, 0.25) is 0 Å². The summed E-state index contributed by atoms with van der Waals surface area (Å²) in [7, 11) is 1.62. The second kappa shape index (κ2) is 7.15. The monoisotopic (exact) mass is 402 g/mol. The van der Waals surface area contributed by atoms with E-state index < -0.39 is 0 Å². The predicted molar refractivity (Wildman–Crippen MR) is 102 cm³/mol. The lowest BCUT2D eigenvalue weighted by Crippen LogP contribution is -2.34. The van der Waals surface area contributed by atoms with Crippen molar-refractivity contribution >= 4 is 55.5 Å². The molecule has 2 amide bonds. The van der Waals surface area contributed by atoms with Crippen LogP contribution in [0.1, 0.15) is 9.67 Å². The molecule has 0 aliphatic heterocycles. The van der Waals surface area contributed by atoms with Crippen molar-refractivity contribution in [2.24, 2.45) is 0 Å². The molecule has 2 aromatic carbocycles. The van der Waals surface area contributed by atoms with Gasteiger partial charge in [0.05, 0.1) is 15.2 Å². The van der Waals surface area contributed by atoms with Crippen molar-refractivity contribution in [2.45, 2.75) is 0 Å². The molecule has 3 aromatic rings. The summed E-state index contributed by atoms with van der Waals surface area (Å²) in [5.74, 6) is -0.392. The molecule has 0 unspecified atom stereocenters. The summed E-state index contributed by atoms with van der Waals surface area (Å²) in [5, 5.41) is 5.01. The molecule has 0 aliphatic rings. The fourth-order valence-electron chi connectivity index (χ4n) is 2.37. The second-order valence-corrected chi connectivity index (χ2v) is 7.84. The zero-order valence-corrected chi connectivity index (χ0v) is 15.4. The van der Waals surface area contributed by atoms with Gasteiger partial charge >= 0.3 is 0 Å². The van der Waals surface area contributed by atoms with E-state index in [2.05, 4.69) is 21.2 Å².